The molecule has 0 spiro atoms. The van der Waals surface area contributed by atoms with Gasteiger partial charge in [-0.2, -0.15) is 0 Å². The number of amides is 1. The molecule has 0 fully saturated rings. The van der Waals surface area contributed by atoms with Gasteiger partial charge in [-0.1, -0.05) is 17.3 Å². The van der Waals surface area contributed by atoms with Crippen LogP contribution in [0.15, 0.2) is 24.3 Å². The highest BCUT2D eigenvalue weighted by Gasteiger charge is 2.20. The number of carboxylic acid groups (broad SMARTS) is 1. The number of nitrogens with two attached hydrogens (primary N) is 2. The second-order valence-electron chi connectivity index (χ2n) is 4.15. The van der Waals surface area contributed by atoms with Crippen LogP contribution in [0.4, 0.5) is 5.69 Å². The van der Waals surface area contributed by atoms with Crippen molar-refractivity contribution < 1.29 is 14.7 Å². The first-order valence-corrected chi connectivity index (χ1v) is 5.80. The van der Waals surface area contributed by atoms with Gasteiger partial charge in [-0.25, -0.2) is 9.48 Å². The average Bonchev–Trinajstić information content (AvgIpc) is 2.81. The quantitative estimate of drug-likeness (QED) is 0.662. The van der Waals surface area contributed by atoms with Crippen molar-refractivity contribution in [1.82, 2.24) is 15.0 Å². The van der Waals surface area contributed by atoms with Crippen LogP contribution >= 0.6 is 0 Å². The number of benzene rings is 1. The summed E-state index contributed by atoms with van der Waals surface area (Å²) in [4.78, 5) is 22.0. The Morgan fingerprint density at radius 1 is 1.25 bits per heavy atom. The Morgan fingerprint density at radius 2 is 1.90 bits per heavy atom. The summed E-state index contributed by atoms with van der Waals surface area (Å²) in [5.74, 6) is -1.69. The van der Waals surface area contributed by atoms with Gasteiger partial charge in [0.25, 0.3) is 0 Å². The average molecular weight is 275 g/mol. The van der Waals surface area contributed by atoms with Gasteiger partial charge in [0.05, 0.1) is 6.54 Å². The van der Waals surface area contributed by atoms with Gasteiger partial charge in [-0.3, -0.25) is 4.79 Å². The number of carboxylic acids is 1. The van der Waals surface area contributed by atoms with Gasteiger partial charge in [0, 0.05) is 17.7 Å². The summed E-state index contributed by atoms with van der Waals surface area (Å²) in [6.07, 6.45) is 0.0460. The van der Waals surface area contributed by atoms with Crippen molar-refractivity contribution in [3.8, 4) is 11.3 Å². The summed E-state index contributed by atoms with van der Waals surface area (Å²) in [5, 5.41) is 16.5. The molecule has 5 N–H and O–H groups in total. The zero-order valence-corrected chi connectivity index (χ0v) is 10.5. The van der Waals surface area contributed by atoms with Crippen LogP contribution in [-0.2, 0) is 11.3 Å². The van der Waals surface area contributed by atoms with Gasteiger partial charge < -0.3 is 16.6 Å². The van der Waals surface area contributed by atoms with Crippen molar-refractivity contribution in [1.29, 1.82) is 0 Å². The fourth-order valence-electron chi connectivity index (χ4n) is 1.76. The molecule has 2 rings (SSSR count). The van der Waals surface area contributed by atoms with E-state index in [0.29, 0.717) is 16.9 Å². The lowest BCUT2D eigenvalue weighted by Gasteiger charge is -2.06. The molecule has 20 heavy (non-hydrogen) atoms. The van der Waals surface area contributed by atoms with E-state index in [9.17, 15) is 9.59 Å². The van der Waals surface area contributed by atoms with Crippen LogP contribution in [0, 0.1) is 0 Å². The largest absolute Gasteiger partial charge is 0.476 e. The summed E-state index contributed by atoms with van der Waals surface area (Å²) in [6.45, 7) is 0.162. The predicted molar refractivity (Wildman–Crippen MR) is 70.6 cm³/mol. The van der Waals surface area contributed by atoms with Gasteiger partial charge in [0.1, 0.15) is 5.69 Å². The molecule has 0 saturated heterocycles. The van der Waals surface area contributed by atoms with E-state index in [1.54, 1.807) is 24.3 Å². The number of hydrogen-bond acceptors (Lipinski definition) is 5. The van der Waals surface area contributed by atoms with Crippen molar-refractivity contribution in [2.24, 2.45) is 5.73 Å². The second kappa shape index (κ2) is 5.39. The normalized spacial score (nSPS) is 10.4. The van der Waals surface area contributed by atoms with Crippen LogP contribution in [-0.4, -0.2) is 32.0 Å². The van der Waals surface area contributed by atoms with E-state index in [1.807, 2.05) is 0 Å². The summed E-state index contributed by atoms with van der Waals surface area (Å²) >= 11 is 0. The zero-order valence-electron chi connectivity index (χ0n) is 10.5. The standard InChI is InChI=1S/C12H13N5O3/c13-8-3-1-7(2-4-8)11-10(12(19)20)15-16-17(11)6-5-9(14)18/h1-4H,5-6,13H2,(H2,14,18)(H,19,20). The first-order chi connectivity index (χ1) is 9.49. The molecule has 2 aromatic rings. The van der Waals surface area contributed by atoms with E-state index in [0.717, 1.165) is 0 Å². The number of rotatable bonds is 5. The number of anilines is 1. The Labute approximate surface area is 114 Å². The second-order valence-corrected chi connectivity index (χ2v) is 4.15. The maximum absolute atomic E-state index is 11.2. The number of carbonyl (C=O) groups is 2. The first kappa shape index (κ1) is 13.5. The number of nitrogen functional groups attached to an aromatic ring is 1. The fourth-order valence-corrected chi connectivity index (χ4v) is 1.76. The third-order valence-corrected chi connectivity index (χ3v) is 2.69. The molecule has 0 bridgehead atoms. The molecule has 104 valence electrons. The zero-order chi connectivity index (χ0) is 14.7. The molecular formula is C12H13N5O3. The van der Waals surface area contributed by atoms with Gasteiger partial charge in [-0.15, -0.1) is 5.10 Å². The maximum Gasteiger partial charge on any atom is 0.358 e. The molecule has 0 unspecified atom stereocenters. The molecule has 0 aliphatic rings. The highest BCUT2D eigenvalue weighted by atomic mass is 16.4. The number of primary amides is 1. The number of aryl methyl sites for hydroxylation is 1. The highest BCUT2D eigenvalue weighted by molar-refractivity contribution is 5.92. The molecule has 1 heterocycles. The smallest absolute Gasteiger partial charge is 0.358 e. The van der Waals surface area contributed by atoms with Crippen molar-refractivity contribution in [2.45, 2.75) is 13.0 Å². The van der Waals surface area contributed by atoms with Crippen LogP contribution < -0.4 is 11.5 Å². The lowest BCUT2D eigenvalue weighted by atomic mass is 10.1. The molecule has 0 atom stereocenters. The van der Waals surface area contributed by atoms with Crippen molar-refractivity contribution >= 4 is 17.6 Å². The van der Waals surface area contributed by atoms with E-state index < -0.39 is 11.9 Å². The molecule has 8 nitrogen and oxygen atoms in total. The topological polar surface area (TPSA) is 137 Å². The minimum atomic E-state index is -1.19. The number of aromatic carboxylic acids is 1. The minimum Gasteiger partial charge on any atom is -0.476 e. The highest BCUT2D eigenvalue weighted by Crippen LogP contribution is 2.23. The predicted octanol–water partition coefficient (Wildman–Crippen LogP) is 0.101. The SMILES string of the molecule is NC(=O)CCn1nnc(C(=O)O)c1-c1ccc(N)cc1. The van der Waals surface area contributed by atoms with Crippen LogP contribution in [0.3, 0.4) is 0 Å². The molecule has 0 saturated carbocycles. The van der Waals surface area contributed by atoms with Crippen molar-refractivity contribution in [3.05, 3.63) is 30.0 Å². The Balaban J connectivity index is 2.46. The van der Waals surface area contributed by atoms with E-state index in [2.05, 4.69) is 10.3 Å². The molecular weight excluding hydrogens is 262 g/mol. The van der Waals surface area contributed by atoms with Gasteiger partial charge >= 0.3 is 5.97 Å². The lowest BCUT2D eigenvalue weighted by molar-refractivity contribution is -0.118. The monoisotopic (exact) mass is 275 g/mol. The third-order valence-electron chi connectivity index (χ3n) is 2.69. The van der Waals surface area contributed by atoms with Crippen molar-refractivity contribution in [3.63, 3.8) is 0 Å². The van der Waals surface area contributed by atoms with Crippen LogP contribution in [0.5, 0.6) is 0 Å². The molecule has 1 aromatic heterocycles. The molecule has 8 heteroatoms. The number of nitrogens with zero attached hydrogens (tertiary/aromatic N) is 3. The Hall–Kier alpha value is -2.90. The maximum atomic E-state index is 11.2. The first-order valence-electron chi connectivity index (χ1n) is 5.80. The van der Waals surface area contributed by atoms with Gasteiger partial charge in [0.15, 0.2) is 5.69 Å². The fraction of sp³-hybridized carbons (Fsp3) is 0.167. The van der Waals surface area contributed by atoms with Crippen LogP contribution in [0.1, 0.15) is 16.9 Å². The minimum absolute atomic E-state index is 0.0460. The number of carbonyl (C=O) groups excluding carboxylic acids is 1. The van der Waals surface area contributed by atoms with Gasteiger partial charge in [0.2, 0.25) is 5.91 Å². The molecule has 0 aliphatic carbocycles. The molecule has 0 aliphatic heterocycles. The van der Waals surface area contributed by atoms with Gasteiger partial charge in [-0.05, 0) is 12.1 Å². The Kier molecular flexibility index (Phi) is 3.65. The van der Waals surface area contributed by atoms with E-state index in [4.69, 9.17) is 16.6 Å². The Morgan fingerprint density at radius 3 is 2.45 bits per heavy atom. The van der Waals surface area contributed by atoms with Crippen LogP contribution in [0.25, 0.3) is 11.3 Å². The summed E-state index contributed by atoms with van der Waals surface area (Å²) in [6, 6.07) is 6.63. The van der Waals surface area contributed by atoms with E-state index in [1.165, 1.54) is 4.68 Å². The number of aromatic nitrogens is 3. The molecule has 1 aromatic carbocycles. The molecule has 1 amide bonds. The Bertz CT molecular complexity index is 648. The lowest BCUT2D eigenvalue weighted by Crippen LogP contribution is -2.15. The van der Waals surface area contributed by atoms with E-state index in [-0.39, 0.29) is 18.7 Å². The molecule has 0 radical (unpaired) electrons. The van der Waals surface area contributed by atoms with Crippen LogP contribution in [0.2, 0.25) is 0 Å². The van der Waals surface area contributed by atoms with Crippen molar-refractivity contribution in [2.75, 3.05) is 5.73 Å². The van der Waals surface area contributed by atoms with E-state index >= 15 is 0 Å². The summed E-state index contributed by atoms with van der Waals surface area (Å²) < 4.78 is 1.35. The third kappa shape index (κ3) is 2.74. The summed E-state index contributed by atoms with van der Waals surface area (Å²) in [7, 11) is 0. The number of hydrogen-bond donors (Lipinski definition) is 3. The summed E-state index contributed by atoms with van der Waals surface area (Å²) in [5.41, 5.74) is 12.0.